The molecule has 10 heavy (non-hydrogen) atoms. The molecule has 1 unspecified atom stereocenters. The van der Waals surface area contributed by atoms with Crippen molar-refractivity contribution in [2.45, 2.75) is 19.6 Å². The van der Waals surface area contributed by atoms with E-state index in [0.717, 1.165) is 0 Å². The van der Waals surface area contributed by atoms with Crippen molar-refractivity contribution >= 4 is 0 Å². The van der Waals surface area contributed by atoms with Crippen molar-refractivity contribution in [3.63, 3.8) is 0 Å². The molecule has 1 atom stereocenters. The van der Waals surface area contributed by atoms with E-state index in [1.165, 1.54) is 0 Å². The first-order valence-electron chi connectivity index (χ1n) is 3.33. The zero-order valence-electron chi connectivity index (χ0n) is 6.16. The lowest BCUT2D eigenvalue weighted by Gasteiger charge is -2.07. The molecule has 0 radical (unpaired) electrons. The van der Waals surface area contributed by atoms with E-state index in [1.807, 2.05) is 13.0 Å². The minimum absolute atomic E-state index is 0.0446. The van der Waals surface area contributed by atoms with Gasteiger partial charge in [0, 0.05) is 13.0 Å². The van der Waals surface area contributed by atoms with Crippen LogP contribution in [0.2, 0.25) is 0 Å². The molecule has 3 heteroatoms. The van der Waals surface area contributed by atoms with E-state index in [9.17, 15) is 0 Å². The second-order valence-corrected chi connectivity index (χ2v) is 1.87. The molecule has 0 amide bonds. The van der Waals surface area contributed by atoms with E-state index in [0.29, 0.717) is 6.61 Å². The van der Waals surface area contributed by atoms with Crippen LogP contribution in [-0.4, -0.2) is 29.7 Å². The molecular weight excluding hydrogens is 132 g/mol. The number of allylic oxidation sites excluding steroid dienone is 1. The molecule has 0 aromatic carbocycles. The number of aliphatic hydroxyl groups is 2. The molecule has 0 saturated heterocycles. The first kappa shape index (κ1) is 9.62. The smallest absolute Gasteiger partial charge is 0.157 e. The molecule has 0 spiro atoms. The van der Waals surface area contributed by atoms with E-state index in [4.69, 9.17) is 14.9 Å². The molecule has 0 rings (SSSR count). The summed E-state index contributed by atoms with van der Waals surface area (Å²) in [5, 5.41) is 17.2. The lowest BCUT2D eigenvalue weighted by Crippen LogP contribution is -2.13. The van der Waals surface area contributed by atoms with E-state index >= 15 is 0 Å². The molecule has 0 heterocycles. The summed E-state index contributed by atoms with van der Waals surface area (Å²) in [6.07, 6.45) is 3.07. The molecule has 0 saturated carbocycles. The fourth-order valence-corrected chi connectivity index (χ4v) is 0.457. The van der Waals surface area contributed by atoms with Gasteiger partial charge in [0.15, 0.2) is 6.29 Å². The Bertz CT molecular complexity index is 90.9. The van der Waals surface area contributed by atoms with Gasteiger partial charge in [-0.05, 0) is 6.92 Å². The van der Waals surface area contributed by atoms with Crippen LogP contribution in [0, 0.1) is 0 Å². The van der Waals surface area contributed by atoms with Crippen LogP contribution in [0.3, 0.4) is 0 Å². The summed E-state index contributed by atoms with van der Waals surface area (Å²) in [4.78, 5) is 0. The van der Waals surface area contributed by atoms with Crippen LogP contribution in [0.15, 0.2) is 12.2 Å². The Labute approximate surface area is 60.9 Å². The molecule has 0 aromatic heterocycles. The van der Waals surface area contributed by atoms with Crippen LogP contribution in [0.5, 0.6) is 0 Å². The van der Waals surface area contributed by atoms with Crippen LogP contribution in [-0.2, 0) is 4.74 Å². The van der Waals surface area contributed by atoms with Crippen LogP contribution >= 0.6 is 0 Å². The van der Waals surface area contributed by atoms with E-state index in [1.54, 1.807) is 6.08 Å². The van der Waals surface area contributed by atoms with Gasteiger partial charge in [-0.1, -0.05) is 12.2 Å². The van der Waals surface area contributed by atoms with Crippen molar-refractivity contribution in [2.24, 2.45) is 0 Å². The third-order valence-electron chi connectivity index (χ3n) is 0.997. The lowest BCUT2D eigenvalue weighted by atomic mass is 10.4. The third-order valence-corrected chi connectivity index (χ3v) is 0.997. The van der Waals surface area contributed by atoms with Gasteiger partial charge < -0.3 is 14.9 Å². The van der Waals surface area contributed by atoms with Gasteiger partial charge in [-0.25, -0.2) is 0 Å². The molecule has 60 valence electrons. The van der Waals surface area contributed by atoms with Crippen LogP contribution in [0.1, 0.15) is 13.3 Å². The number of hydrogen-bond donors (Lipinski definition) is 2. The summed E-state index contributed by atoms with van der Waals surface area (Å²) in [5.74, 6) is 0. The van der Waals surface area contributed by atoms with Crippen molar-refractivity contribution in [3.05, 3.63) is 12.2 Å². The minimum Gasteiger partial charge on any atom is -0.396 e. The van der Waals surface area contributed by atoms with Gasteiger partial charge in [0.2, 0.25) is 0 Å². The Morgan fingerprint density at radius 2 is 2.30 bits per heavy atom. The second-order valence-electron chi connectivity index (χ2n) is 1.87. The first-order valence-corrected chi connectivity index (χ1v) is 3.33. The van der Waals surface area contributed by atoms with Crippen LogP contribution in [0.4, 0.5) is 0 Å². The molecule has 0 aliphatic heterocycles. The molecule has 0 aliphatic carbocycles. The zero-order chi connectivity index (χ0) is 7.82. The third kappa shape index (κ3) is 5.75. The van der Waals surface area contributed by atoms with Crippen molar-refractivity contribution in [1.82, 2.24) is 0 Å². The highest BCUT2D eigenvalue weighted by atomic mass is 16.6. The quantitative estimate of drug-likeness (QED) is 0.432. The van der Waals surface area contributed by atoms with Gasteiger partial charge in [0.1, 0.15) is 0 Å². The van der Waals surface area contributed by atoms with Gasteiger partial charge in [-0.3, -0.25) is 0 Å². The van der Waals surface area contributed by atoms with Crippen LogP contribution in [0.25, 0.3) is 0 Å². The molecular formula is C7H14O3. The predicted molar refractivity (Wildman–Crippen MR) is 38.5 cm³/mol. The molecule has 2 N–H and O–H groups in total. The van der Waals surface area contributed by atoms with Gasteiger partial charge in [0.05, 0.1) is 6.61 Å². The molecule has 0 fully saturated rings. The largest absolute Gasteiger partial charge is 0.396 e. The molecule has 3 nitrogen and oxygen atoms in total. The maximum Gasteiger partial charge on any atom is 0.157 e. The second kappa shape index (κ2) is 6.74. The van der Waals surface area contributed by atoms with Gasteiger partial charge in [0.25, 0.3) is 0 Å². The van der Waals surface area contributed by atoms with Crippen molar-refractivity contribution < 1.29 is 14.9 Å². The Morgan fingerprint density at radius 3 is 2.80 bits per heavy atom. The number of hydrogen-bond acceptors (Lipinski definition) is 3. The van der Waals surface area contributed by atoms with Crippen molar-refractivity contribution in [2.75, 3.05) is 13.2 Å². The van der Waals surface area contributed by atoms with Gasteiger partial charge in [-0.2, -0.15) is 0 Å². The topological polar surface area (TPSA) is 49.7 Å². The summed E-state index contributed by atoms with van der Waals surface area (Å²) in [5.41, 5.74) is 0. The van der Waals surface area contributed by atoms with Crippen molar-refractivity contribution in [3.8, 4) is 0 Å². The highest BCUT2D eigenvalue weighted by Gasteiger charge is 1.99. The van der Waals surface area contributed by atoms with Gasteiger partial charge >= 0.3 is 0 Å². The maximum absolute atomic E-state index is 8.86. The first-order chi connectivity index (χ1) is 4.81. The standard InChI is InChI=1S/C7H14O3/c1-2-3-6-10-7(9)4-5-8/h2-3,7-9H,4-6H2,1H3. The number of rotatable bonds is 5. The Hall–Kier alpha value is -0.380. The highest BCUT2D eigenvalue weighted by Crippen LogP contribution is 1.92. The van der Waals surface area contributed by atoms with Crippen molar-refractivity contribution in [1.29, 1.82) is 0 Å². The van der Waals surface area contributed by atoms with E-state index in [-0.39, 0.29) is 13.0 Å². The molecule has 0 bridgehead atoms. The Kier molecular flexibility index (Phi) is 6.48. The summed E-state index contributed by atoms with van der Waals surface area (Å²) >= 11 is 0. The average molecular weight is 146 g/mol. The fourth-order valence-electron chi connectivity index (χ4n) is 0.457. The zero-order valence-corrected chi connectivity index (χ0v) is 6.16. The Morgan fingerprint density at radius 1 is 1.60 bits per heavy atom. The number of ether oxygens (including phenoxy) is 1. The highest BCUT2D eigenvalue weighted by molar-refractivity contribution is 4.75. The van der Waals surface area contributed by atoms with E-state index < -0.39 is 6.29 Å². The number of aliphatic hydroxyl groups excluding tert-OH is 2. The SMILES string of the molecule is CC=CCOC(O)CCO. The van der Waals surface area contributed by atoms with Crippen LogP contribution < -0.4 is 0 Å². The summed E-state index contributed by atoms with van der Waals surface area (Å²) in [6, 6.07) is 0. The maximum atomic E-state index is 8.86. The predicted octanol–water partition coefficient (Wildman–Crippen LogP) is 0.280. The summed E-state index contributed by atoms with van der Waals surface area (Å²) in [7, 11) is 0. The minimum atomic E-state index is -0.832. The van der Waals surface area contributed by atoms with Gasteiger partial charge in [-0.15, -0.1) is 0 Å². The molecule has 0 aromatic rings. The average Bonchev–Trinajstić information content (AvgIpc) is 1.89. The Balaban J connectivity index is 3.12. The fraction of sp³-hybridized carbons (Fsp3) is 0.714. The lowest BCUT2D eigenvalue weighted by molar-refractivity contribution is -0.0988. The summed E-state index contributed by atoms with van der Waals surface area (Å²) in [6.45, 7) is 2.23. The molecule has 0 aliphatic rings. The normalized spacial score (nSPS) is 14.3. The monoisotopic (exact) mass is 146 g/mol. The summed E-state index contributed by atoms with van der Waals surface area (Å²) < 4.78 is 4.83. The van der Waals surface area contributed by atoms with E-state index in [2.05, 4.69) is 0 Å².